The molecule has 0 aliphatic carbocycles. The summed E-state index contributed by atoms with van der Waals surface area (Å²) in [6.45, 7) is 2.57. The second-order valence-electron chi connectivity index (χ2n) is 4.68. The lowest BCUT2D eigenvalue weighted by molar-refractivity contribution is 0.106. The maximum absolute atomic E-state index is 5.76. The molecule has 2 rings (SSSR count). The average molecular weight is 234 g/mol. The van der Waals surface area contributed by atoms with Crippen LogP contribution in [-0.2, 0) is 11.3 Å². The fourth-order valence-electron chi connectivity index (χ4n) is 2.39. The summed E-state index contributed by atoms with van der Waals surface area (Å²) in [5.74, 6) is 0. The topological polar surface area (TPSA) is 38.5 Å². The molecule has 1 aliphatic heterocycles. The fourth-order valence-corrected chi connectivity index (χ4v) is 2.39. The molecule has 0 aromatic heterocycles. The molecular weight excluding hydrogens is 212 g/mol. The molecule has 1 heterocycles. The van der Waals surface area contributed by atoms with E-state index in [1.807, 2.05) is 6.07 Å². The Labute approximate surface area is 104 Å². The van der Waals surface area contributed by atoms with Gasteiger partial charge in [-0.3, -0.25) is 0 Å². The first kappa shape index (κ1) is 12.4. The highest BCUT2D eigenvalue weighted by molar-refractivity contribution is 5.52. The van der Waals surface area contributed by atoms with E-state index in [4.69, 9.17) is 10.5 Å². The molecule has 94 valence electrons. The second-order valence-corrected chi connectivity index (χ2v) is 4.68. The van der Waals surface area contributed by atoms with Crippen LogP contribution in [0, 0.1) is 0 Å². The Bertz CT molecular complexity index is 348. The summed E-state index contributed by atoms with van der Waals surface area (Å²) in [6.07, 6.45) is 4.00. The lowest BCUT2D eigenvalue weighted by atomic mass is 10.1. The Balaban J connectivity index is 1.91. The minimum absolute atomic E-state index is 0.461. The van der Waals surface area contributed by atoms with Gasteiger partial charge in [-0.25, -0.2) is 0 Å². The molecule has 0 amide bonds. The van der Waals surface area contributed by atoms with Crippen molar-refractivity contribution in [3.63, 3.8) is 0 Å². The molecule has 1 fully saturated rings. The Morgan fingerprint density at radius 1 is 1.41 bits per heavy atom. The van der Waals surface area contributed by atoms with Gasteiger partial charge < -0.3 is 15.4 Å². The molecule has 3 heteroatoms. The first-order chi connectivity index (χ1) is 8.31. The van der Waals surface area contributed by atoms with Crippen LogP contribution in [0.2, 0.25) is 0 Å². The lowest BCUT2D eigenvalue weighted by Crippen LogP contribution is -2.24. The van der Waals surface area contributed by atoms with Crippen LogP contribution in [-0.4, -0.2) is 26.3 Å². The lowest BCUT2D eigenvalue weighted by Gasteiger charge is -2.23. The third-order valence-corrected chi connectivity index (χ3v) is 3.43. The van der Waals surface area contributed by atoms with Crippen LogP contribution in [0.3, 0.4) is 0 Å². The van der Waals surface area contributed by atoms with Crippen LogP contribution in [0.1, 0.15) is 24.8 Å². The zero-order valence-corrected chi connectivity index (χ0v) is 10.6. The van der Waals surface area contributed by atoms with E-state index in [2.05, 4.69) is 30.1 Å². The Morgan fingerprint density at radius 3 is 2.94 bits per heavy atom. The number of nitrogens with two attached hydrogens (primary N) is 1. The highest BCUT2D eigenvalue weighted by Gasteiger charge is 2.16. The van der Waals surface area contributed by atoms with Crippen molar-refractivity contribution < 1.29 is 4.74 Å². The van der Waals surface area contributed by atoms with Crippen LogP contribution in [0.25, 0.3) is 0 Å². The summed E-state index contributed by atoms with van der Waals surface area (Å²) in [5.41, 5.74) is 8.21. The minimum Gasteiger partial charge on any atom is -0.378 e. The van der Waals surface area contributed by atoms with Crippen molar-refractivity contribution in [3.8, 4) is 0 Å². The first-order valence-corrected chi connectivity index (χ1v) is 6.42. The number of para-hydroxylation sites is 1. The van der Waals surface area contributed by atoms with Crippen LogP contribution < -0.4 is 10.6 Å². The average Bonchev–Trinajstić information content (AvgIpc) is 2.89. The van der Waals surface area contributed by atoms with Crippen molar-refractivity contribution >= 4 is 5.69 Å². The van der Waals surface area contributed by atoms with Gasteiger partial charge >= 0.3 is 0 Å². The molecule has 1 aromatic carbocycles. The van der Waals surface area contributed by atoms with E-state index in [1.165, 1.54) is 24.1 Å². The molecule has 0 spiro atoms. The molecule has 1 aromatic rings. The van der Waals surface area contributed by atoms with Gasteiger partial charge in [0.15, 0.2) is 0 Å². The SMILES string of the molecule is CN(CCC1CCCO1)c1ccccc1CN. The smallest absolute Gasteiger partial charge is 0.0592 e. The second kappa shape index (κ2) is 6.03. The van der Waals surface area contributed by atoms with E-state index in [-0.39, 0.29) is 0 Å². The standard InChI is InChI=1S/C14H22N2O/c1-16(9-8-13-6-4-10-17-13)14-7-3-2-5-12(14)11-15/h2-3,5,7,13H,4,6,8-11,15H2,1H3. The Kier molecular flexibility index (Phi) is 4.40. The van der Waals surface area contributed by atoms with Crippen molar-refractivity contribution in [2.24, 2.45) is 5.73 Å². The van der Waals surface area contributed by atoms with Crippen molar-refractivity contribution in [3.05, 3.63) is 29.8 Å². The quantitative estimate of drug-likeness (QED) is 0.848. The van der Waals surface area contributed by atoms with Gasteiger partial charge in [-0.2, -0.15) is 0 Å². The number of ether oxygens (including phenoxy) is 1. The van der Waals surface area contributed by atoms with Gasteiger partial charge in [0.1, 0.15) is 0 Å². The van der Waals surface area contributed by atoms with Crippen LogP contribution in [0.5, 0.6) is 0 Å². The van der Waals surface area contributed by atoms with Gasteiger partial charge in [-0.1, -0.05) is 18.2 Å². The monoisotopic (exact) mass is 234 g/mol. The van der Waals surface area contributed by atoms with Crippen molar-refractivity contribution in [1.82, 2.24) is 0 Å². The first-order valence-electron chi connectivity index (χ1n) is 6.42. The van der Waals surface area contributed by atoms with Crippen molar-refractivity contribution in [1.29, 1.82) is 0 Å². The molecule has 1 aliphatic rings. The Morgan fingerprint density at radius 2 is 2.24 bits per heavy atom. The highest BCUT2D eigenvalue weighted by atomic mass is 16.5. The van der Waals surface area contributed by atoms with Gasteiger partial charge in [-0.15, -0.1) is 0 Å². The van der Waals surface area contributed by atoms with E-state index in [1.54, 1.807) is 0 Å². The molecule has 3 nitrogen and oxygen atoms in total. The minimum atomic E-state index is 0.461. The molecule has 17 heavy (non-hydrogen) atoms. The molecule has 0 saturated carbocycles. The molecule has 0 bridgehead atoms. The normalized spacial score (nSPS) is 19.5. The van der Waals surface area contributed by atoms with Gasteiger partial charge in [-0.05, 0) is 30.9 Å². The fraction of sp³-hybridized carbons (Fsp3) is 0.571. The van der Waals surface area contributed by atoms with Crippen LogP contribution in [0.15, 0.2) is 24.3 Å². The van der Waals surface area contributed by atoms with E-state index in [9.17, 15) is 0 Å². The summed E-state index contributed by atoms with van der Waals surface area (Å²) < 4.78 is 5.64. The molecule has 0 radical (unpaired) electrons. The van der Waals surface area contributed by atoms with Crippen LogP contribution >= 0.6 is 0 Å². The maximum atomic E-state index is 5.76. The summed E-state index contributed by atoms with van der Waals surface area (Å²) in [6, 6.07) is 8.34. The molecule has 1 unspecified atom stereocenters. The van der Waals surface area contributed by atoms with Crippen molar-refractivity contribution in [2.45, 2.75) is 31.9 Å². The number of benzene rings is 1. The number of hydrogen-bond acceptors (Lipinski definition) is 3. The predicted octanol–water partition coefficient (Wildman–Crippen LogP) is 2.15. The van der Waals surface area contributed by atoms with Gasteiger partial charge in [0.05, 0.1) is 6.10 Å². The van der Waals surface area contributed by atoms with Crippen molar-refractivity contribution in [2.75, 3.05) is 25.1 Å². The Hall–Kier alpha value is -1.06. The maximum Gasteiger partial charge on any atom is 0.0592 e. The van der Waals surface area contributed by atoms with Gasteiger partial charge in [0.25, 0.3) is 0 Å². The third-order valence-electron chi connectivity index (χ3n) is 3.43. The zero-order valence-electron chi connectivity index (χ0n) is 10.6. The molecular formula is C14H22N2O. The zero-order chi connectivity index (χ0) is 12.1. The number of nitrogens with zero attached hydrogens (tertiary/aromatic N) is 1. The predicted molar refractivity (Wildman–Crippen MR) is 71.2 cm³/mol. The van der Waals surface area contributed by atoms with E-state index in [0.717, 1.165) is 19.6 Å². The summed E-state index contributed by atoms with van der Waals surface area (Å²) in [5, 5.41) is 0. The van der Waals surface area contributed by atoms with Gasteiger partial charge in [0, 0.05) is 32.4 Å². The summed E-state index contributed by atoms with van der Waals surface area (Å²) in [7, 11) is 2.13. The largest absolute Gasteiger partial charge is 0.378 e. The number of rotatable bonds is 5. The van der Waals surface area contributed by atoms with Crippen LogP contribution in [0.4, 0.5) is 5.69 Å². The van der Waals surface area contributed by atoms with E-state index >= 15 is 0 Å². The molecule has 1 saturated heterocycles. The number of hydrogen-bond donors (Lipinski definition) is 1. The third kappa shape index (κ3) is 3.20. The molecule has 1 atom stereocenters. The van der Waals surface area contributed by atoms with Gasteiger partial charge in [0.2, 0.25) is 0 Å². The highest BCUT2D eigenvalue weighted by Crippen LogP contribution is 2.21. The number of anilines is 1. The summed E-state index contributed by atoms with van der Waals surface area (Å²) >= 11 is 0. The summed E-state index contributed by atoms with van der Waals surface area (Å²) in [4.78, 5) is 2.28. The van der Waals surface area contributed by atoms with E-state index < -0.39 is 0 Å². The molecule has 2 N–H and O–H groups in total. The van der Waals surface area contributed by atoms with E-state index in [0.29, 0.717) is 12.6 Å².